The summed E-state index contributed by atoms with van der Waals surface area (Å²) in [6.07, 6.45) is 0. The molecular weight excluding hydrogens is 150 g/mol. The van der Waals surface area contributed by atoms with Crippen molar-refractivity contribution in [3.8, 4) is 0 Å². The van der Waals surface area contributed by atoms with Crippen LogP contribution in [0.1, 0.15) is 6.92 Å². The molecule has 0 aliphatic heterocycles. The third kappa shape index (κ3) is 1.82. The summed E-state index contributed by atoms with van der Waals surface area (Å²) in [5.41, 5.74) is 0. The summed E-state index contributed by atoms with van der Waals surface area (Å²) in [6, 6.07) is 0. The molecule has 1 N–H and O–H groups in total. The monoisotopic (exact) mass is 156 g/mol. The lowest BCUT2D eigenvalue weighted by Crippen LogP contribution is -2.36. The number of rotatable bonds is 2. The normalized spacial score (nSPS) is 15.1. The molecule has 0 saturated heterocycles. The Hall–Kier alpha value is -0.320. The number of alkyl halides is 2. The Balaban J connectivity index is 4.19. The second kappa shape index (κ2) is 2.51. The molecule has 1 unspecified atom stereocenters. The van der Waals surface area contributed by atoms with Gasteiger partial charge in [-0.15, -0.1) is 0 Å². The smallest absolute Gasteiger partial charge is 0.375 e. The lowest BCUT2D eigenvalue weighted by molar-refractivity contribution is -0.164. The molecule has 0 amide bonds. The predicted molar refractivity (Wildman–Crippen MR) is 31.0 cm³/mol. The van der Waals surface area contributed by atoms with Gasteiger partial charge in [0, 0.05) is 0 Å². The number of carboxylic acids is 1. The van der Waals surface area contributed by atoms with Crippen molar-refractivity contribution in [2.45, 2.75) is 18.1 Å². The van der Waals surface area contributed by atoms with E-state index in [1.807, 2.05) is 0 Å². The van der Waals surface area contributed by atoms with Crippen molar-refractivity contribution in [2.75, 3.05) is 0 Å². The third-order valence-corrected chi connectivity index (χ3v) is 1.13. The summed E-state index contributed by atoms with van der Waals surface area (Å²) in [5.74, 6) is -5.85. The van der Waals surface area contributed by atoms with Gasteiger partial charge in [-0.05, 0) is 6.92 Å². The van der Waals surface area contributed by atoms with Gasteiger partial charge >= 0.3 is 11.9 Å². The maximum absolute atomic E-state index is 12.0. The van der Waals surface area contributed by atoms with Crippen molar-refractivity contribution in [3.63, 3.8) is 0 Å². The first-order valence-corrected chi connectivity index (χ1v) is 2.70. The van der Waals surface area contributed by atoms with Crippen LogP contribution >= 0.6 is 12.6 Å². The molecule has 0 bridgehead atoms. The number of hydrogen-bond acceptors (Lipinski definition) is 2. The number of carboxylic acid groups (broad SMARTS) is 1. The lowest BCUT2D eigenvalue weighted by Gasteiger charge is -2.12. The van der Waals surface area contributed by atoms with E-state index in [9.17, 15) is 13.6 Å². The molecule has 0 aromatic rings. The van der Waals surface area contributed by atoms with E-state index in [-0.39, 0.29) is 0 Å². The molecule has 1 atom stereocenters. The predicted octanol–water partition coefficient (Wildman–Crippen LogP) is 1.02. The van der Waals surface area contributed by atoms with Crippen molar-refractivity contribution in [1.82, 2.24) is 0 Å². The Morgan fingerprint density at radius 1 is 1.78 bits per heavy atom. The number of thiol groups is 1. The second-order valence-electron chi connectivity index (χ2n) is 1.60. The zero-order chi connectivity index (χ0) is 7.65. The fourth-order valence-electron chi connectivity index (χ4n) is 0.179. The van der Waals surface area contributed by atoms with Gasteiger partial charge in [-0.2, -0.15) is 21.4 Å². The Morgan fingerprint density at radius 3 is 2.11 bits per heavy atom. The standard InChI is InChI=1S/C4H6F2O2S/c1-2(9)4(5,6)3(7)8/h2,9H,1H3,(H,7,8). The van der Waals surface area contributed by atoms with Gasteiger partial charge in [0.1, 0.15) is 0 Å². The Kier molecular flexibility index (Phi) is 2.42. The molecule has 5 heteroatoms. The maximum Gasteiger partial charge on any atom is 0.375 e. The minimum atomic E-state index is -3.72. The highest BCUT2D eigenvalue weighted by atomic mass is 32.1. The number of aliphatic carboxylic acids is 1. The van der Waals surface area contributed by atoms with Crippen molar-refractivity contribution < 1.29 is 18.7 Å². The topological polar surface area (TPSA) is 37.3 Å². The maximum atomic E-state index is 12.0. The summed E-state index contributed by atoms with van der Waals surface area (Å²) < 4.78 is 24.0. The highest BCUT2D eigenvalue weighted by Crippen LogP contribution is 2.22. The molecule has 0 rings (SSSR count). The van der Waals surface area contributed by atoms with Crippen molar-refractivity contribution in [2.24, 2.45) is 0 Å². The van der Waals surface area contributed by atoms with Gasteiger partial charge in [0.15, 0.2) is 0 Å². The largest absolute Gasteiger partial charge is 0.477 e. The van der Waals surface area contributed by atoms with Crippen LogP contribution in [0, 0.1) is 0 Å². The first kappa shape index (κ1) is 8.68. The molecule has 0 fully saturated rings. The minimum absolute atomic E-state index is 1.03. The number of carbonyl (C=O) groups is 1. The summed E-state index contributed by atoms with van der Waals surface area (Å²) in [6.45, 7) is 1.03. The highest BCUT2D eigenvalue weighted by molar-refractivity contribution is 7.81. The Bertz CT molecular complexity index is 124. The van der Waals surface area contributed by atoms with Crippen LogP contribution in [0.15, 0.2) is 0 Å². The van der Waals surface area contributed by atoms with E-state index < -0.39 is 17.1 Å². The van der Waals surface area contributed by atoms with Gasteiger partial charge in [-0.25, -0.2) is 4.79 Å². The second-order valence-corrected chi connectivity index (χ2v) is 2.38. The fourth-order valence-corrected chi connectivity index (χ4v) is 0.289. The van der Waals surface area contributed by atoms with Gasteiger partial charge in [0.2, 0.25) is 0 Å². The summed E-state index contributed by atoms with van der Waals surface area (Å²) in [7, 11) is 0. The van der Waals surface area contributed by atoms with Crippen molar-refractivity contribution in [3.05, 3.63) is 0 Å². The zero-order valence-electron chi connectivity index (χ0n) is 4.64. The average molecular weight is 156 g/mol. The molecule has 9 heavy (non-hydrogen) atoms. The molecule has 2 nitrogen and oxygen atoms in total. The SMILES string of the molecule is CC(S)C(F)(F)C(=O)O. The minimum Gasteiger partial charge on any atom is -0.477 e. The van der Waals surface area contributed by atoms with Gasteiger partial charge in [0.25, 0.3) is 0 Å². The summed E-state index contributed by atoms with van der Waals surface area (Å²) in [5, 5.41) is 6.36. The van der Waals surface area contributed by atoms with E-state index in [0.29, 0.717) is 0 Å². The zero-order valence-corrected chi connectivity index (χ0v) is 5.53. The third-order valence-electron chi connectivity index (χ3n) is 0.810. The quantitative estimate of drug-likeness (QED) is 0.586. The molecule has 0 saturated carbocycles. The van der Waals surface area contributed by atoms with Crippen molar-refractivity contribution in [1.29, 1.82) is 0 Å². The Labute approximate surface area is 56.3 Å². The van der Waals surface area contributed by atoms with E-state index in [1.165, 1.54) is 0 Å². The van der Waals surface area contributed by atoms with Crippen LogP contribution in [-0.4, -0.2) is 22.2 Å². The molecule has 54 valence electrons. The van der Waals surface area contributed by atoms with E-state index in [0.717, 1.165) is 6.92 Å². The van der Waals surface area contributed by atoms with Crippen LogP contribution in [0.25, 0.3) is 0 Å². The first-order chi connectivity index (χ1) is 3.89. The van der Waals surface area contributed by atoms with Gasteiger partial charge in [-0.1, -0.05) is 0 Å². The van der Waals surface area contributed by atoms with E-state index in [2.05, 4.69) is 12.6 Å². The summed E-state index contributed by atoms with van der Waals surface area (Å²) in [4.78, 5) is 9.66. The van der Waals surface area contributed by atoms with Gasteiger partial charge in [-0.3, -0.25) is 0 Å². The summed E-state index contributed by atoms with van der Waals surface area (Å²) >= 11 is 3.29. The molecule has 0 spiro atoms. The average Bonchev–Trinajstić information content (AvgIpc) is 1.65. The molecule has 0 aromatic carbocycles. The molecule has 0 aromatic heterocycles. The van der Waals surface area contributed by atoms with Crippen LogP contribution < -0.4 is 0 Å². The van der Waals surface area contributed by atoms with E-state index >= 15 is 0 Å². The van der Waals surface area contributed by atoms with Gasteiger partial charge < -0.3 is 5.11 Å². The first-order valence-electron chi connectivity index (χ1n) is 2.18. The lowest BCUT2D eigenvalue weighted by atomic mass is 10.2. The van der Waals surface area contributed by atoms with Gasteiger partial charge in [0.05, 0.1) is 5.25 Å². The van der Waals surface area contributed by atoms with Crippen LogP contribution in [0.5, 0.6) is 0 Å². The number of hydrogen-bond donors (Lipinski definition) is 2. The van der Waals surface area contributed by atoms with Crippen LogP contribution in [-0.2, 0) is 4.79 Å². The van der Waals surface area contributed by atoms with Crippen LogP contribution in [0.2, 0.25) is 0 Å². The van der Waals surface area contributed by atoms with Crippen molar-refractivity contribution >= 4 is 18.6 Å². The molecule has 0 radical (unpaired) electrons. The number of halogens is 2. The molecule has 0 heterocycles. The fraction of sp³-hybridized carbons (Fsp3) is 0.750. The van der Waals surface area contributed by atoms with Crippen LogP contribution in [0.3, 0.4) is 0 Å². The molecular formula is C4H6F2O2S. The Morgan fingerprint density at radius 2 is 2.11 bits per heavy atom. The highest BCUT2D eigenvalue weighted by Gasteiger charge is 2.43. The molecule has 0 aliphatic carbocycles. The van der Waals surface area contributed by atoms with E-state index in [4.69, 9.17) is 5.11 Å². The van der Waals surface area contributed by atoms with E-state index in [1.54, 1.807) is 0 Å². The van der Waals surface area contributed by atoms with Crippen LogP contribution in [0.4, 0.5) is 8.78 Å². The molecule has 0 aliphatic rings.